The molecule has 0 spiro atoms. The molecule has 6 aliphatic carbocycles. The molecule has 10 nitrogen and oxygen atoms in total. The zero-order chi connectivity index (χ0) is 47.3. The van der Waals surface area contributed by atoms with Crippen LogP contribution in [-0.2, 0) is 19.1 Å². The SMILES string of the molecule is CC(C)C1=C2[C@H]3CC[C@@H]4[C@@]5(C)CC[C@H](OC(=O)[C@H]6C[C@@H](C(=O)O)C6(C)C)C(C)(C)[C@@H]5CC[C@@]4(C)[C@]3(C)CC[C@@]2(CCNCC(C)(C)NC(=O)c2ccc(N3CCC(O)CC3)cc2)CC1=O. The molecule has 1 heterocycles. The van der Waals surface area contributed by atoms with Gasteiger partial charge in [0.2, 0.25) is 0 Å². The molecule has 10 heteroatoms. The Hall–Kier alpha value is -3.24. The molecule has 0 bridgehead atoms. The number of rotatable bonds is 12. The number of Topliss-reactive ketones (excluding diaryl/α,β-unsaturated/α-hetero) is 1. The van der Waals surface area contributed by atoms with Crippen LogP contribution in [0.15, 0.2) is 35.4 Å². The lowest BCUT2D eigenvalue weighted by Crippen LogP contribution is -2.66. The number of nitrogens with zero attached hydrogens (tertiary/aromatic N) is 1. The normalized spacial score (nSPS) is 37.7. The van der Waals surface area contributed by atoms with Gasteiger partial charge in [-0.05, 0) is 173 Å². The van der Waals surface area contributed by atoms with Crippen molar-refractivity contribution in [3.63, 3.8) is 0 Å². The third-order valence-electron chi connectivity index (χ3n) is 20.4. The quantitative estimate of drug-likeness (QED) is 0.119. The van der Waals surface area contributed by atoms with Crippen LogP contribution in [-0.4, -0.2) is 77.8 Å². The number of fused-ring (bicyclic) bond motifs is 7. The Bertz CT molecular complexity index is 2060. The minimum absolute atomic E-state index is 0.0611. The van der Waals surface area contributed by atoms with Crippen LogP contribution >= 0.6 is 0 Å². The monoisotopic (exact) mass is 898 g/mol. The lowest BCUT2D eigenvalue weighted by Gasteiger charge is -2.72. The van der Waals surface area contributed by atoms with Crippen LogP contribution in [0.1, 0.15) is 170 Å². The average Bonchev–Trinajstić information content (AvgIpc) is 3.52. The second-order valence-electron chi connectivity index (χ2n) is 25.3. The van der Waals surface area contributed by atoms with Crippen LogP contribution in [0.5, 0.6) is 0 Å². The number of ether oxygens (including phenoxy) is 1. The Balaban J connectivity index is 0.931. The summed E-state index contributed by atoms with van der Waals surface area (Å²) in [6, 6.07) is 7.81. The number of piperidine rings is 1. The van der Waals surface area contributed by atoms with Gasteiger partial charge < -0.3 is 30.5 Å². The van der Waals surface area contributed by atoms with Crippen molar-refractivity contribution in [3.05, 3.63) is 41.0 Å². The smallest absolute Gasteiger partial charge is 0.309 e. The number of aliphatic carboxylic acids is 1. The molecule has 1 saturated heterocycles. The Morgan fingerprint density at radius 1 is 0.831 bits per heavy atom. The van der Waals surface area contributed by atoms with E-state index in [9.17, 15) is 29.4 Å². The van der Waals surface area contributed by atoms with Crippen molar-refractivity contribution in [2.24, 2.45) is 68.0 Å². The van der Waals surface area contributed by atoms with E-state index in [0.717, 1.165) is 102 Å². The number of carbonyl (C=O) groups excluding carboxylic acids is 3. The Labute approximate surface area is 390 Å². The van der Waals surface area contributed by atoms with Crippen molar-refractivity contribution < 1.29 is 34.1 Å². The van der Waals surface area contributed by atoms with Crippen molar-refractivity contribution in [1.82, 2.24) is 10.6 Å². The van der Waals surface area contributed by atoms with Crippen molar-refractivity contribution in [3.8, 4) is 0 Å². The maximum Gasteiger partial charge on any atom is 0.309 e. The average molecular weight is 898 g/mol. The number of anilines is 1. The highest BCUT2D eigenvalue weighted by Crippen LogP contribution is 2.77. The fraction of sp³-hybridized carbons (Fsp3) is 0.782. The highest BCUT2D eigenvalue weighted by atomic mass is 16.5. The highest BCUT2D eigenvalue weighted by molar-refractivity contribution is 6.00. The molecule has 8 rings (SSSR count). The summed E-state index contributed by atoms with van der Waals surface area (Å²) in [5.74, 6) is -0.170. The standard InChI is InChI=1S/C55H83N3O7/c1-33(2)44-40(60)31-55(26-27-56-32-49(3,4)57-46(61)34-12-14-35(15-13-34)58-28-20-36(59)21-29-58)25-24-53(10)37(45(44)55)16-17-42-52(9)22-19-43(51(7,8)41(52)18-23-54(42,53)11)65-48(64)39-30-38(47(62)63)50(39,5)6/h12-15,33,36-39,41-43,56,59H,16-32H2,1-11H3,(H,57,61)(H,62,63)/t37-,38+,39-,41+,42-,43+,52+,53-,54-,55-/m1/s1. The molecule has 0 unspecified atom stereocenters. The zero-order valence-corrected chi connectivity index (χ0v) is 41.8. The number of allylic oxidation sites excluding steroid dienone is 2. The minimum atomic E-state index is -0.827. The van der Waals surface area contributed by atoms with Crippen molar-refractivity contribution in [1.29, 1.82) is 0 Å². The van der Waals surface area contributed by atoms with Gasteiger partial charge in [-0.25, -0.2) is 0 Å². The zero-order valence-electron chi connectivity index (χ0n) is 41.8. The van der Waals surface area contributed by atoms with Gasteiger partial charge in [-0.3, -0.25) is 19.2 Å². The highest BCUT2D eigenvalue weighted by Gasteiger charge is 2.70. The van der Waals surface area contributed by atoms with E-state index in [1.807, 2.05) is 38.1 Å². The maximum absolute atomic E-state index is 14.3. The molecule has 0 radical (unpaired) electrons. The predicted octanol–water partition coefficient (Wildman–Crippen LogP) is 9.78. The Morgan fingerprint density at radius 3 is 2.14 bits per heavy atom. The van der Waals surface area contributed by atoms with Gasteiger partial charge in [0.15, 0.2) is 5.78 Å². The minimum Gasteiger partial charge on any atom is -0.481 e. The topological polar surface area (TPSA) is 145 Å². The van der Waals surface area contributed by atoms with Gasteiger partial charge in [0.1, 0.15) is 6.10 Å². The van der Waals surface area contributed by atoms with Gasteiger partial charge in [0, 0.05) is 53.7 Å². The van der Waals surface area contributed by atoms with Gasteiger partial charge in [-0.15, -0.1) is 0 Å². The van der Waals surface area contributed by atoms with E-state index in [0.29, 0.717) is 48.5 Å². The molecule has 1 aliphatic heterocycles. The number of esters is 1. The first-order chi connectivity index (χ1) is 30.3. The van der Waals surface area contributed by atoms with E-state index in [2.05, 4.69) is 77.8 Å². The van der Waals surface area contributed by atoms with Gasteiger partial charge >= 0.3 is 11.9 Å². The van der Waals surface area contributed by atoms with E-state index in [4.69, 9.17) is 4.74 Å². The molecular formula is C55H83N3O7. The summed E-state index contributed by atoms with van der Waals surface area (Å²) in [4.78, 5) is 55.5. The molecular weight excluding hydrogens is 815 g/mol. The van der Waals surface area contributed by atoms with E-state index < -0.39 is 22.8 Å². The van der Waals surface area contributed by atoms with Crippen LogP contribution in [0, 0.1) is 68.0 Å². The third-order valence-corrected chi connectivity index (χ3v) is 20.4. The van der Waals surface area contributed by atoms with Gasteiger partial charge in [0.25, 0.3) is 5.91 Å². The number of ketones is 1. The number of hydrogen-bond donors (Lipinski definition) is 4. The fourth-order valence-electron chi connectivity index (χ4n) is 16.3. The van der Waals surface area contributed by atoms with Gasteiger partial charge in [-0.1, -0.05) is 67.9 Å². The summed E-state index contributed by atoms with van der Waals surface area (Å²) in [5, 5.41) is 26.6. The summed E-state index contributed by atoms with van der Waals surface area (Å²) < 4.78 is 6.45. The number of hydrogen-bond acceptors (Lipinski definition) is 8. The maximum atomic E-state index is 14.3. The summed E-state index contributed by atoms with van der Waals surface area (Å²) in [6.07, 6.45) is 11.5. The predicted molar refractivity (Wildman–Crippen MR) is 255 cm³/mol. The molecule has 0 aromatic heterocycles. The molecule has 6 fully saturated rings. The van der Waals surface area contributed by atoms with Crippen LogP contribution in [0.4, 0.5) is 5.69 Å². The molecule has 10 atom stereocenters. The molecule has 4 N–H and O–H groups in total. The molecule has 5 saturated carbocycles. The van der Waals surface area contributed by atoms with E-state index in [-0.39, 0.29) is 63.0 Å². The molecule has 360 valence electrons. The lowest BCUT2D eigenvalue weighted by atomic mass is 9.33. The van der Waals surface area contributed by atoms with E-state index >= 15 is 0 Å². The number of carboxylic acid groups (broad SMARTS) is 1. The first-order valence-corrected chi connectivity index (χ1v) is 25.6. The van der Waals surface area contributed by atoms with Gasteiger partial charge in [-0.2, -0.15) is 0 Å². The molecule has 1 amide bonds. The second kappa shape index (κ2) is 16.8. The summed E-state index contributed by atoms with van der Waals surface area (Å²) >= 11 is 0. The van der Waals surface area contributed by atoms with Crippen molar-refractivity contribution in [2.75, 3.05) is 31.1 Å². The summed E-state index contributed by atoms with van der Waals surface area (Å²) in [7, 11) is 0. The number of carbonyl (C=O) groups is 4. The van der Waals surface area contributed by atoms with Crippen LogP contribution in [0.25, 0.3) is 0 Å². The number of amides is 1. The van der Waals surface area contributed by atoms with Crippen LogP contribution < -0.4 is 15.5 Å². The van der Waals surface area contributed by atoms with E-state index in [1.165, 1.54) is 5.57 Å². The number of nitrogens with one attached hydrogen (secondary N) is 2. The number of carboxylic acids is 1. The van der Waals surface area contributed by atoms with Crippen molar-refractivity contribution in [2.45, 2.75) is 177 Å². The third kappa shape index (κ3) is 7.92. The number of aliphatic hydroxyl groups is 1. The molecule has 65 heavy (non-hydrogen) atoms. The van der Waals surface area contributed by atoms with E-state index in [1.54, 1.807) is 0 Å². The Morgan fingerprint density at radius 2 is 1.51 bits per heavy atom. The molecule has 1 aromatic carbocycles. The van der Waals surface area contributed by atoms with Crippen LogP contribution in [0.2, 0.25) is 0 Å². The summed E-state index contributed by atoms with van der Waals surface area (Å²) in [5.41, 5.74) is 3.17. The molecule has 7 aliphatic rings. The van der Waals surface area contributed by atoms with Gasteiger partial charge in [0.05, 0.1) is 17.9 Å². The number of aliphatic hydroxyl groups excluding tert-OH is 1. The second-order valence-corrected chi connectivity index (χ2v) is 25.3. The lowest BCUT2D eigenvalue weighted by molar-refractivity contribution is -0.236. The summed E-state index contributed by atoms with van der Waals surface area (Å²) in [6.45, 7) is 27.9. The van der Waals surface area contributed by atoms with Crippen LogP contribution in [0.3, 0.4) is 0 Å². The first kappa shape index (κ1) is 48.2. The fourth-order valence-corrected chi connectivity index (χ4v) is 16.3. The Kier molecular flexibility index (Phi) is 12.4. The molecule has 1 aromatic rings. The number of benzene rings is 1. The van der Waals surface area contributed by atoms with Crippen molar-refractivity contribution >= 4 is 29.3 Å². The first-order valence-electron chi connectivity index (χ1n) is 25.6. The largest absolute Gasteiger partial charge is 0.481 e.